The minimum absolute atomic E-state index is 0.229. The molecule has 1 aromatic rings. The van der Waals surface area contributed by atoms with Gasteiger partial charge in [0.2, 0.25) is 0 Å². The molecule has 1 fully saturated rings. The van der Waals surface area contributed by atoms with Crippen LogP contribution in [0.25, 0.3) is 0 Å². The van der Waals surface area contributed by atoms with E-state index >= 15 is 0 Å². The number of carbonyl (C=O) groups is 1. The third kappa shape index (κ3) is 4.13. The first-order valence-corrected chi connectivity index (χ1v) is 7.53. The molecule has 1 aliphatic rings. The first-order valence-electron chi connectivity index (χ1n) is 7.53. The van der Waals surface area contributed by atoms with Gasteiger partial charge < -0.3 is 14.6 Å². The maximum Gasteiger partial charge on any atom is 0.427 e. The zero-order valence-corrected chi connectivity index (χ0v) is 13.0. The summed E-state index contributed by atoms with van der Waals surface area (Å²) < 4.78 is 11.3. The predicted molar refractivity (Wildman–Crippen MR) is 83.9 cm³/mol. The van der Waals surface area contributed by atoms with E-state index in [1.807, 2.05) is 18.2 Å². The summed E-state index contributed by atoms with van der Waals surface area (Å²) in [5.41, 5.74) is 0.772. The van der Waals surface area contributed by atoms with Crippen LogP contribution in [-0.4, -0.2) is 42.2 Å². The van der Waals surface area contributed by atoms with Crippen molar-refractivity contribution in [2.24, 2.45) is 5.10 Å². The van der Waals surface area contributed by atoms with E-state index in [0.29, 0.717) is 18.0 Å². The summed E-state index contributed by atoms with van der Waals surface area (Å²) in [6, 6.07) is 5.46. The average molecular weight is 306 g/mol. The maximum atomic E-state index is 10.9. The van der Waals surface area contributed by atoms with Crippen LogP contribution in [0.4, 0.5) is 4.79 Å². The number of hydrogen-bond donors (Lipinski definition) is 1. The van der Waals surface area contributed by atoms with E-state index in [1.54, 1.807) is 14.0 Å². The monoisotopic (exact) mass is 306 g/mol. The normalized spacial score (nSPS) is 15.2. The first kappa shape index (κ1) is 16.1. The topological polar surface area (TPSA) is 71.4 Å². The number of ether oxygens (including phenoxy) is 2. The molecule has 0 radical (unpaired) electrons. The zero-order valence-electron chi connectivity index (χ0n) is 13.0. The van der Waals surface area contributed by atoms with Gasteiger partial charge in [-0.3, -0.25) is 0 Å². The van der Waals surface area contributed by atoms with Crippen LogP contribution in [0.15, 0.2) is 23.3 Å². The Hall–Kier alpha value is -2.24. The van der Waals surface area contributed by atoms with Gasteiger partial charge in [0.25, 0.3) is 0 Å². The molecule has 0 aliphatic heterocycles. The second-order valence-electron chi connectivity index (χ2n) is 5.18. The third-order valence-corrected chi connectivity index (χ3v) is 3.65. The SMILES string of the molecule is CCN(N=Cc1ccc(OC)c(OC2CCCC2)c1)C(=O)O. The lowest BCUT2D eigenvalue weighted by Crippen LogP contribution is -2.23. The summed E-state index contributed by atoms with van der Waals surface area (Å²) >= 11 is 0. The second kappa shape index (κ2) is 7.68. The van der Waals surface area contributed by atoms with E-state index in [1.165, 1.54) is 19.1 Å². The molecule has 1 N–H and O–H groups in total. The van der Waals surface area contributed by atoms with Crippen LogP contribution in [-0.2, 0) is 0 Å². The summed E-state index contributed by atoms with van der Waals surface area (Å²) in [5, 5.41) is 13.9. The molecule has 0 atom stereocenters. The number of benzene rings is 1. The number of rotatable bonds is 6. The van der Waals surface area contributed by atoms with Crippen LogP contribution < -0.4 is 9.47 Å². The molecule has 120 valence electrons. The summed E-state index contributed by atoms with van der Waals surface area (Å²) in [5.74, 6) is 1.35. The van der Waals surface area contributed by atoms with Gasteiger partial charge in [-0.05, 0) is 56.4 Å². The van der Waals surface area contributed by atoms with E-state index in [-0.39, 0.29) is 6.10 Å². The lowest BCUT2D eigenvalue weighted by molar-refractivity contribution is 0.150. The second-order valence-corrected chi connectivity index (χ2v) is 5.18. The molecule has 1 aromatic carbocycles. The van der Waals surface area contributed by atoms with Gasteiger partial charge in [0.1, 0.15) is 0 Å². The van der Waals surface area contributed by atoms with Gasteiger partial charge in [-0.25, -0.2) is 4.79 Å². The minimum atomic E-state index is -1.07. The third-order valence-electron chi connectivity index (χ3n) is 3.65. The molecule has 1 saturated carbocycles. The minimum Gasteiger partial charge on any atom is -0.493 e. The van der Waals surface area contributed by atoms with Gasteiger partial charge >= 0.3 is 6.09 Å². The Morgan fingerprint density at radius 3 is 2.73 bits per heavy atom. The molecule has 0 aromatic heterocycles. The summed E-state index contributed by atoms with van der Waals surface area (Å²) in [4.78, 5) is 10.9. The largest absolute Gasteiger partial charge is 0.493 e. The molecule has 0 saturated heterocycles. The summed E-state index contributed by atoms with van der Waals surface area (Å²) in [6.45, 7) is 2.03. The Bertz CT molecular complexity index is 539. The van der Waals surface area contributed by atoms with Crippen molar-refractivity contribution in [2.75, 3.05) is 13.7 Å². The molecule has 1 aliphatic carbocycles. The highest BCUT2D eigenvalue weighted by atomic mass is 16.5. The fourth-order valence-electron chi connectivity index (χ4n) is 2.45. The predicted octanol–water partition coefficient (Wildman–Crippen LogP) is 3.35. The van der Waals surface area contributed by atoms with Crippen molar-refractivity contribution in [3.05, 3.63) is 23.8 Å². The molecule has 2 rings (SSSR count). The van der Waals surface area contributed by atoms with Crippen molar-refractivity contribution >= 4 is 12.3 Å². The molecular formula is C16H22N2O4. The van der Waals surface area contributed by atoms with Crippen LogP contribution in [0, 0.1) is 0 Å². The Balaban J connectivity index is 2.15. The lowest BCUT2D eigenvalue weighted by Gasteiger charge is -2.16. The van der Waals surface area contributed by atoms with Crippen molar-refractivity contribution in [1.29, 1.82) is 0 Å². The highest BCUT2D eigenvalue weighted by Crippen LogP contribution is 2.32. The quantitative estimate of drug-likeness (QED) is 0.646. The van der Waals surface area contributed by atoms with Crippen LogP contribution in [0.3, 0.4) is 0 Å². The van der Waals surface area contributed by atoms with Crippen LogP contribution in [0.5, 0.6) is 11.5 Å². The smallest absolute Gasteiger partial charge is 0.427 e. The van der Waals surface area contributed by atoms with Gasteiger partial charge in [0, 0.05) is 6.54 Å². The van der Waals surface area contributed by atoms with Crippen LogP contribution >= 0.6 is 0 Å². The van der Waals surface area contributed by atoms with E-state index in [4.69, 9.17) is 14.6 Å². The van der Waals surface area contributed by atoms with Gasteiger partial charge in [-0.2, -0.15) is 10.1 Å². The van der Waals surface area contributed by atoms with Crippen molar-refractivity contribution in [1.82, 2.24) is 5.01 Å². The zero-order chi connectivity index (χ0) is 15.9. The summed E-state index contributed by atoms with van der Waals surface area (Å²) in [7, 11) is 1.61. The van der Waals surface area contributed by atoms with E-state index < -0.39 is 6.09 Å². The highest BCUT2D eigenvalue weighted by Gasteiger charge is 2.18. The van der Waals surface area contributed by atoms with Crippen LogP contribution in [0.1, 0.15) is 38.2 Å². The molecular weight excluding hydrogens is 284 g/mol. The molecule has 0 heterocycles. The van der Waals surface area contributed by atoms with E-state index in [0.717, 1.165) is 23.4 Å². The standard InChI is InChI=1S/C16H22N2O4/c1-3-18(16(19)20)17-11-12-8-9-14(21-2)15(10-12)22-13-6-4-5-7-13/h8-11,13H,3-7H2,1-2H3,(H,19,20). The van der Waals surface area contributed by atoms with E-state index in [9.17, 15) is 4.79 Å². The molecule has 6 heteroatoms. The van der Waals surface area contributed by atoms with Gasteiger partial charge in [-0.15, -0.1) is 0 Å². The van der Waals surface area contributed by atoms with Crippen molar-refractivity contribution < 1.29 is 19.4 Å². The van der Waals surface area contributed by atoms with Gasteiger partial charge in [0.15, 0.2) is 11.5 Å². The lowest BCUT2D eigenvalue weighted by atomic mass is 10.2. The van der Waals surface area contributed by atoms with Crippen molar-refractivity contribution in [2.45, 2.75) is 38.7 Å². The van der Waals surface area contributed by atoms with Crippen LogP contribution in [0.2, 0.25) is 0 Å². The number of hydrogen-bond acceptors (Lipinski definition) is 4. The Morgan fingerprint density at radius 1 is 1.41 bits per heavy atom. The Morgan fingerprint density at radius 2 is 2.14 bits per heavy atom. The molecule has 1 amide bonds. The van der Waals surface area contributed by atoms with Crippen molar-refractivity contribution in [3.8, 4) is 11.5 Å². The Labute approximate surface area is 130 Å². The number of carboxylic acid groups (broad SMARTS) is 1. The van der Waals surface area contributed by atoms with Gasteiger partial charge in [-0.1, -0.05) is 0 Å². The molecule has 6 nitrogen and oxygen atoms in total. The number of methoxy groups -OCH3 is 1. The fourth-order valence-corrected chi connectivity index (χ4v) is 2.45. The first-order chi connectivity index (χ1) is 10.6. The van der Waals surface area contributed by atoms with E-state index in [2.05, 4.69) is 5.10 Å². The number of amides is 1. The molecule has 0 bridgehead atoms. The average Bonchev–Trinajstić information content (AvgIpc) is 3.01. The summed E-state index contributed by atoms with van der Waals surface area (Å²) in [6.07, 6.45) is 5.17. The fraction of sp³-hybridized carbons (Fsp3) is 0.500. The Kier molecular flexibility index (Phi) is 5.63. The number of hydrazone groups is 1. The highest BCUT2D eigenvalue weighted by molar-refractivity contribution is 5.81. The molecule has 0 spiro atoms. The van der Waals surface area contributed by atoms with Crippen molar-refractivity contribution in [3.63, 3.8) is 0 Å². The maximum absolute atomic E-state index is 10.9. The molecule has 22 heavy (non-hydrogen) atoms. The molecule has 0 unspecified atom stereocenters. The van der Waals surface area contributed by atoms with Gasteiger partial charge in [0.05, 0.1) is 19.4 Å². The number of nitrogens with zero attached hydrogens (tertiary/aromatic N) is 2.